The van der Waals surface area contributed by atoms with E-state index >= 15 is 0 Å². The molecule has 118 valence electrons. The fourth-order valence-corrected chi connectivity index (χ4v) is 1.52. The first kappa shape index (κ1) is 17.1. The number of carbonyl (C=O) groups excluding carboxylic acids is 1. The molecule has 0 radical (unpaired) electrons. The molecule has 0 fully saturated rings. The smallest absolute Gasteiger partial charge is 0.319 e. The van der Waals surface area contributed by atoms with Crippen molar-refractivity contribution in [2.75, 3.05) is 18.5 Å². The summed E-state index contributed by atoms with van der Waals surface area (Å²) in [5, 5.41) is 13.6. The van der Waals surface area contributed by atoms with Crippen LogP contribution in [0.1, 0.15) is 13.3 Å². The van der Waals surface area contributed by atoms with E-state index in [9.17, 15) is 18.0 Å². The molecule has 1 aromatic rings. The van der Waals surface area contributed by atoms with Gasteiger partial charge in [0.05, 0.1) is 5.69 Å². The van der Waals surface area contributed by atoms with Gasteiger partial charge in [0.1, 0.15) is 18.2 Å². The highest BCUT2D eigenvalue weighted by molar-refractivity contribution is 5.91. The monoisotopic (exact) mass is 306 g/mol. The van der Waals surface area contributed by atoms with Crippen molar-refractivity contribution in [3.05, 3.63) is 24.0 Å². The van der Waals surface area contributed by atoms with E-state index in [1.807, 2.05) is 0 Å². The van der Waals surface area contributed by atoms with Gasteiger partial charge in [0.2, 0.25) is 0 Å². The molecular formula is C13H17F3N2O3. The number of aliphatic hydroxyl groups is 1. The van der Waals surface area contributed by atoms with Crippen molar-refractivity contribution in [1.29, 1.82) is 0 Å². The molecule has 2 amide bonds. The Bertz CT molecular complexity index is 472. The molecule has 0 aliphatic carbocycles. The van der Waals surface area contributed by atoms with Crippen LogP contribution >= 0.6 is 0 Å². The second-order valence-corrected chi connectivity index (χ2v) is 4.35. The number of amides is 2. The van der Waals surface area contributed by atoms with Crippen molar-refractivity contribution in [1.82, 2.24) is 5.32 Å². The van der Waals surface area contributed by atoms with Gasteiger partial charge in [-0.15, -0.1) is 0 Å². The maximum absolute atomic E-state index is 13.1. The number of benzene rings is 1. The van der Waals surface area contributed by atoms with Gasteiger partial charge in [0.15, 0.2) is 0 Å². The fourth-order valence-electron chi connectivity index (χ4n) is 1.52. The number of hydrogen-bond donors (Lipinski definition) is 3. The maximum atomic E-state index is 13.1. The first-order chi connectivity index (χ1) is 9.92. The Labute approximate surface area is 120 Å². The minimum Gasteiger partial charge on any atom is -0.485 e. The van der Waals surface area contributed by atoms with Crippen molar-refractivity contribution in [3.63, 3.8) is 0 Å². The van der Waals surface area contributed by atoms with E-state index < -0.39 is 24.9 Å². The van der Waals surface area contributed by atoms with Gasteiger partial charge in [0, 0.05) is 18.7 Å². The van der Waals surface area contributed by atoms with E-state index in [-0.39, 0.29) is 24.1 Å². The van der Waals surface area contributed by atoms with Crippen LogP contribution in [0.3, 0.4) is 0 Å². The van der Waals surface area contributed by atoms with Gasteiger partial charge in [-0.2, -0.15) is 0 Å². The van der Waals surface area contributed by atoms with Gasteiger partial charge >= 0.3 is 6.03 Å². The average molecular weight is 306 g/mol. The standard InChI is InChI=1S/C13H17F3N2O3/c1-8(4-5-19)17-13(20)18-10-3-2-9(14)6-11(10)21-7-12(15)16/h2-3,6,8,12,19H,4-5,7H2,1H3,(H2,17,18,20)/t8-/m1/s1. The maximum Gasteiger partial charge on any atom is 0.319 e. The number of halogens is 3. The van der Waals surface area contributed by atoms with Crippen LogP contribution in [-0.2, 0) is 0 Å². The molecule has 1 aromatic carbocycles. The summed E-state index contributed by atoms with van der Waals surface area (Å²) in [6, 6.07) is 2.31. The Morgan fingerprint density at radius 1 is 1.43 bits per heavy atom. The number of rotatable bonds is 7. The molecule has 0 aliphatic heterocycles. The van der Waals surface area contributed by atoms with Crippen LogP contribution in [0.15, 0.2) is 18.2 Å². The third-order valence-electron chi connectivity index (χ3n) is 2.50. The van der Waals surface area contributed by atoms with E-state index in [1.165, 1.54) is 6.07 Å². The van der Waals surface area contributed by atoms with Crippen LogP contribution in [0.2, 0.25) is 0 Å². The predicted molar refractivity (Wildman–Crippen MR) is 71.2 cm³/mol. The van der Waals surface area contributed by atoms with Crippen molar-refractivity contribution >= 4 is 11.7 Å². The average Bonchev–Trinajstić information content (AvgIpc) is 2.39. The van der Waals surface area contributed by atoms with Gasteiger partial charge < -0.3 is 20.5 Å². The van der Waals surface area contributed by atoms with Crippen LogP contribution in [0.25, 0.3) is 0 Å². The Kier molecular flexibility index (Phi) is 6.80. The summed E-state index contributed by atoms with van der Waals surface area (Å²) in [4.78, 5) is 11.7. The number of urea groups is 1. The van der Waals surface area contributed by atoms with Crippen molar-refractivity contribution in [2.45, 2.75) is 25.8 Å². The summed E-state index contributed by atoms with van der Waals surface area (Å²) in [5.41, 5.74) is 0.0748. The molecule has 0 aromatic heterocycles. The Morgan fingerprint density at radius 3 is 2.76 bits per heavy atom. The van der Waals surface area contributed by atoms with Gasteiger partial charge in [-0.25, -0.2) is 18.0 Å². The lowest BCUT2D eigenvalue weighted by Crippen LogP contribution is -2.36. The minimum atomic E-state index is -2.71. The molecule has 0 heterocycles. The van der Waals surface area contributed by atoms with E-state index in [1.54, 1.807) is 6.92 Å². The SMILES string of the molecule is C[C@H](CCO)NC(=O)Nc1ccc(F)cc1OCC(F)F. The first-order valence-corrected chi connectivity index (χ1v) is 6.31. The zero-order chi connectivity index (χ0) is 15.8. The molecule has 0 saturated heterocycles. The molecular weight excluding hydrogens is 289 g/mol. The molecule has 21 heavy (non-hydrogen) atoms. The zero-order valence-corrected chi connectivity index (χ0v) is 11.4. The van der Waals surface area contributed by atoms with Crippen LogP contribution in [0, 0.1) is 5.82 Å². The number of ether oxygens (including phenoxy) is 1. The lowest BCUT2D eigenvalue weighted by atomic mass is 10.2. The molecule has 0 saturated carbocycles. The normalized spacial score (nSPS) is 12.1. The molecule has 0 bridgehead atoms. The summed E-state index contributed by atoms with van der Waals surface area (Å²) in [6.45, 7) is 0.704. The third-order valence-corrected chi connectivity index (χ3v) is 2.50. The number of carbonyl (C=O) groups is 1. The second-order valence-electron chi connectivity index (χ2n) is 4.35. The van der Waals surface area contributed by atoms with E-state index in [4.69, 9.17) is 9.84 Å². The van der Waals surface area contributed by atoms with Crippen LogP contribution in [0.5, 0.6) is 5.75 Å². The highest BCUT2D eigenvalue weighted by Gasteiger charge is 2.13. The van der Waals surface area contributed by atoms with Gasteiger partial charge in [0.25, 0.3) is 6.43 Å². The lowest BCUT2D eigenvalue weighted by Gasteiger charge is -2.16. The highest BCUT2D eigenvalue weighted by atomic mass is 19.3. The Morgan fingerprint density at radius 2 is 2.14 bits per heavy atom. The molecule has 0 spiro atoms. The molecule has 0 aliphatic rings. The summed E-state index contributed by atoms with van der Waals surface area (Å²) in [7, 11) is 0. The second kappa shape index (κ2) is 8.35. The Balaban J connectivity index is 2.70. The van der Waals surface area contributed by atoms with Crippen molar-refractivity contribution in [3.8, 4) is 5.75 Å². The summed E-state index contributed by atoms with van der Waals surface area (Å²) in [6.07, 6.45) is -2.34. The molecule has 1 rings (SSSR count). The number of anilines is 1. The first-order valence-electron chi connectivity index (χ1n) is 6.31. The zero-order valence-electron chi connectivity index (χ0n) is 11.4. The van der Waals surface area contributed by atoms with Crippen LogP contribution in [0.4, 0.5) is 23.7 Å². The largest absolute Gasteiger partial charge is 0.485 e. The number of hydrogen-bond acceptors (Lipinski definition) is 3. The molecule has 1 atom stereocenters. The fraction of sp³-hybridized carbons (Fsp3) is 0.462. The van der Waals surface area contributed by atoms with Gasteiger partial charge in [-0.05, 0) is 25.5 Å². The van der Waals surface area contributed by atoms with E-state index in [0.717, 1.165) is 12.1 Å². The van der Waals surface area contributed by atoms with Crippen molar-refractivity contribution < 1.29 is 27.8 Å². The summed E-state index contributed by atoms with van der Waals surface area (Å²) < 4.78 is 42.1. The molecule has 0 unspecified atom stereocenters. The number of alkyl halides is 2. The topological polar surface area (TPSA) is 70.6 Å². The molecule has 3 N–H and O–H groups in total. The molecule has 5 nitrogen and oxygen atoms in total. The van der Waals surface area contributed by atoms with Crippen molar-refractivity contribution in [2.24, 2.45) is 0 Å². The number of aliphatic hydroxyl groups excluding tert-OH is 1. The highest BCUT2D eigenvalue weighted by Crippen LogP contribution is 2.25. The van der Waals surface area contributed by atoms with Gasteiger partial charge in [-0.1, -0.05) is 0 Å². The van der Waals surface area contributed by atoms with E-state index in [0.29, 0.717) is 6.42 Å². The van der Waals surface area contributed by atoms with E-state index in [2.05, 4.69) is 10.6 Å². The third kappa shape index (κ3) is 6.35. The minimum absolute atomic E-state index is 0.0748. The van der Waals surface area contributed by atoms with Crippen LogP contribution in [-0.4, -0.2) is 36.8 Å². The Hall–Kier alpha value is -1.96. The van der Waals surface area contributed by atoms with Crippen LogP contribution < -0.4 is 15.4 Å². The quantitative estimate of drug-likeness (QED) is 0.724. The predicted octanol–water partition coefficient (Wildman–Crippen LogP) is 2.36. The van der Waals surface area contributed by atoms with Gasteiger partial charge in [-0.3, -0.25) is 0 Å². The molecule has 8 heteroatoms. The summed E-state index contributed by atoms with van der Waals surface area (Å²) >= 11 is 0. The lowest BCUT2D eigenvalue weighted by molar-refractivity contribution is 0.0821. The number of nitrogens with one attached hydrogen (secondary N) is 2. The summed E-state index contributed by atoms with van der Waals surface area (Å²) in [5.74, 6) is -0.848.